The first-order chi connectivity index (χ1) is 22.2. The van der Waals surface area contributed by atoms with Gasteiger partial charge >= 0.3 is 13.3 Å². The highest BCUT2D eigenvalue weighted by molar-refractivity contribution is 7.52. The Hall–Kier alpha value is -4.20. The van der Waals surface area contributed by atoms with E-state index in [1.54, 1.807) is 11.0 Å². The average molecular weight is 676 g/mol. The fourth-order valence-electron chi connectivity index (χ4n) is 6.80. The van der Waals surface area contributed by atoms with Gasteiger partial charge in [-0.3, -0.25) is 23.7 Å². The van der Waals surface area contributed by atoms with Crippen LogP contribution in [0.5, 0.6) is 0 Å². The fourth-order valence-corrected chi connectivity index (χ4v) is 7.27. The van der Waals surface area contributed by atoms with Crippen molar-refractivity contribution in [3.8, 4) is 0 Å². The SMILES string of the molecule is CC(=O)N1CC[C@H]2CC[C@@H](C(=O)N3CCc4cccc(F)c4C3)N2C(=O)[C@@H](NC(=O)c2cc3cc(C(F)(F)P(=O)(O)O)ccc3[nH]2)C1. The number of nitrogens with one attached hydrogen (secondary N) is 2. The Kier molecular flexibility index (Phi) is 8.43. The summed E-state index contributed by atoms with van der Waals surface area (Å²) in [4.78, 5) is 79.4. The van der Waals surface area contributed by atoms with Gasteiger partial charge in [0.2, 0.25) is 17.7 Å². The summed E-state index contributed by atoms with van der Waals surface area (Å²) in [6, 6.07) is 6.37. The highest BCUT2D eigenvalue weighted by Crippen LogP contribution is 2.59. The van der Waals surface area contributed by atoms with Gasteiger partial charge in [-0.05, 0) is 55.5 Å². The maximum atomic E-state index is 14.6. The number of carbonyl (C=O) groups excluding carboxylic acids is 4. The maximum absolute atomic E-state index is 14.6. The molecule has 3 atom stereocenters. The third-order valence-electron chi connectivity index (χ3n) is 9.33. The van der Waals surface area contributed by atoms with E-state index in [4.69, 9.17) is 9.79 Å². The second-order valence-corrected chi connectivity index (χ2v) is 13.9. The van der Waals surface area contributed by atoms with Crippen LogP contribution in [0.3, 0.4) is 0 Å². The summed E-state index contributed by atoms with van der Waals surface area (Å²) in [6.07, 6.45) is 1.76. The zero-order valence-electron chi connectivity index (χ0n) is 25.3. The molecule has 3 aromatic rings. The van der Waals surface area contributed by atoms with Crippen LogP contribution < -0.4 is 5.32 Å². The Morgan fingerprint density at radius 3 is 2.53 bits per heavy atom. The van der Waals surface area contributed by atoms with E-state index in [2.05, 4.69) is 10.3 Å². The molecule has 0 saturated carbocycles. The number of alkyl halides is 2. The van der Waals surface area contributed by atoms with E-state index in [-0.39, 0.29) is 54.1 Å². The van der Waals surface area contributed by atoms with E-state index in [1.807, 2.05) is 6.07 Å². The lowest BCUT2D eigenvalue weighted by Gasteiger charge is -2.40. The van der Waals surface area contributed by atoms with Crippen molar-refractivity contribution >= 4 is 42.1 Å². The first kappa shape index (κ1) is 32.7. The Labute approximate surface area is 267 Å². The van der Waals surface area contributed by atoms with Crippen LogP contribution in [0.1, 0.15) is 53.4 Å². The molecule has 47 heavy (non-hydrogen) atoms. The number of nitrogens with zero attached hydrogens (tertiary/aromatic N) is 3. The third kappa shape index (κ3) is 6.03. The molecule has 0 aliphatic carbocycles. The molecule has 0 bridgehead atoms. The average Bonchev–Trinajstić information content (AvgIpc) is 3.64. The predicted octanol–water partition coefficient (Wildman–Crippen LogP) is 2.83. The molecule has 2 aromatic carbocycles. The van der Waals surface area contributed by atoms with Crippen LogP contribution in [0.15, 0.2) is 42.5 Å². The highest BCUT2D eigenvalue weighted by Gasteiger charge is 2.50. The van der Waals surface area contributed by atoms with Crippen molar-refractivity contribution in [1.82, 2.24) is 25.0 Å². The van der Waals surface area contributed by atoms with Crippen molar-refractivity contribution in [3.63, 3.8) is 0 Å². The number of amides is 4. The van der Waals surface area contributed by atoms with Gasteiger partial charge in [-0.1, -0.05) is 18.2 Å². The summed E-state index contributed by atoms with van der Waals surface area (Å²) in [7, 11) is -5.82. The molecule has 0 spiro atoms. The van der Waals surface area contributed by atoms with Gasteiger partial charge in [0.05, 0.1) is 0 Å². The predicted molar refractivity (Wildman–Crippen MR) is 162 cm³/mol. The number of aromatic nitrogens is 1. The van der Waals surface area contributed by atoms with Crippen LogP contribution in [-0.2, 0) is 37.6 Å². The largest absolute Gasteiger partial charge is 0.399 e. The number of carbonyl (C=O) groups is 4. The quantitative estimate of drug-likeness (QED) is 0.302. The van der Waals surface area contributed by atoms with Crippen molar-refractivity contribution < 1.29 is 46.7 Å². The van der Waals surface area contributed by atoms with Crippen molar-refractivity contribution in [1.29, 1.82) is 0 Å². The lowest BCUT2D eigenvalue weighted by molar-refractivity contribution is -0.149. The molecule has 3 aliphatic rings. The van der Waals surface area contributed by atoms with Crippen LogP contribution in [0.2, 0.25) is 0 Å². The number of benzene rings is 2. The van der Waals surface area contributed by atoms with Crippen molar-refractivity contribution in [2.45, 2.75) is 62.9 Å². The molecular formula is C31H33F3N5O7P. The maximum Gasteiger partial charge on any atom is 0.399 e. The summed E-state index contributed by atoms with van der Waals surface area (Å²) in [5.74, 6) is -2.39. The van der Waals surface area contributed by atoms with E-state index < -0.39 is 48.5 Å². The van der Waals surface area contributed by atoms with E-state index >= 15 is 0 Å². The zero-order chi connectivity index (χ0) is 33.8. The molecular weight excluding hydrogens is 642 g/mol. The number of halogens is 3. The lowest BCUT2D eigenvalue weighted by Crippen LogP contribution is -2.61. The normalized spacial score (nSPS) is 22.0. The van der Waals surface area contributed by atoms with Crippen LogP contribution in [0.25, 0.3) is 10.9 Å². The van der Waals surface area contributed by atoms with Crippen molar-refractivity contribution in [2.24, 2.45) is 0 Å². The van der Waals surface area contributed by atoms with E-state index in [9.17, 15) is 36.9 Å². The monoisotopic (exact) mass is 675 g/mol. The molecule has 2 saturated heterocycles. The Morgan fingerprint density at radius 2 is 1.81 bits per heavy atom. The first-order valence-electron chi connectivity index (χ1n) is 15.2. The third-order valence-corrected chi connectivity index (χ3v) is 10.3. The number of hydrogen-bond acceptors (Lipinski definition) is 5. The van der Waals surface area contributed by atoms with Crippen LogP contribution in [0.4, 0.5) is 13.2 Å². The molecule has 2 fully saturated rings. The van der Waals surface area contributed by atoms with Gasteiger partial charge < -0.3 is 34.8 Å². The van der Waals surface area contributed by atoms with Gasteiger partial charge in [0.15, 0.2) is 0 Å². The summed E-state index contributed by atoms with van der Waals surface area (Å²) in [5, 5.41) is 2.71. The number of H-pyrrole nitrogens is 1. The molecule has 4 amide bonds. The van der Waals surface area contributed by atoms with Crippen LogP contribution >= 0.6 is 7.60 Å². The Morgan fingerprint density at radius 1 is 1.04 bits per heavy atom. The minimum atomic E-state index is -5.82. The Bertz CT molecular complexity index is 1830. The van der Waals surface area contributed by atoms with E-state index in [0.29, 0.717) is 37.8 Å². The van der Waals surface area contributed by atoms with Crippen molar-refractivity contribution in [3.05, 3.63) is 70.7 Å². The van der Waals surface area contributed by atoms with Gasteiger partial charge in [-0.15, -0.1) is 0 Å². The molecule has 6 rings (SSSR count). The molecule has 4 N–H and O–H groups in total. The van der Waals surface area contributed by atoms with E-state index in [0.717, 1.165) is 23.8 Å². The van der Waals surface area contributed by atoms with Gasteiger partial charge in [0.1, 0.15) is 23.6 Å². The molecule has 250 valence electrons. The minimum Gasteiger partial charge on any atom is -0.351 e. The van der Waals surface area contributed by atoms with Crippen molar-refractivity contribution in [2.75, 3.05) is 19.6 Å². The smallest absolute Gasteiger partial charge is 0.351 e. The summed E-state index contributed by atoms with van der Waals surface area (Å²) in [6.45, 7) is 1.89. The highest BCUT2D eigenvalue weighted by atomic mass is 31.2. The first-order valence-corrected chi connectivity index (χ1v) is 16.8. The molecule has 0 unspecified atom stereocenters. The molecule has 12 nitrogen and oxygen atoms in total. The van der Waals surface area contributed by atoms with Gasteiger partial charge in [0.25, 0.3) is 5.91 Å². The second kappa shape index (κ2) is 12.1. The lowest BCUT2D eigenvalue weighted by atomic mass is 9.98. The zero-order valence-corrected chi connectivity index (χ0v) is 26.2. The van der Waals surface area contributed by atoms with E-state index in [1.165, 1.54) is 28.9 Å². The molecule has 3 aliphatic heterocycles. The van der Waals surface area contributed by atoms with Gasteiger partial charge in [-0.25, -0.2) is 4.39 Å². The van der Waals surface area contributed by atoms with Gasteiger partial charge in [0, 0.05) is 61.2 Å². The van der Waals surface area contributed by atoms with Crippen LogP contribution in [-0.4, -0.2) is 90.9 Å². The Balaban J connectivity index is 1.25. The number of aromatic amines is 1. The topological polar surface area (TPSA) is 163 Å². The summed E-state index contributed by atoms with van der Waals surface area (Å²) < 4.78 is 54.5. The molecule has 16 heteroatoms. The summed E-state index contributed by atoms with van der Waals surface area (Å²) in [5.41, 5.74) is -4.02. The molecule has 1 aromatic heterocycles. The van der Waals surface area contributed by atoms with Crippen LogP contribution in [0, 0.1) is 5.82 Å². The molecule has 0 radical (unpaired) electrons. The number of hydrogen-bond donors (Lipinski definition) is 4. The standard InChI is InChI=1S/C31H33F3N5O7P/c1-17(40)37-12-10-21-6-8-27(30(43)38-11-9-18-3-2-4-23(32)22(18)15-38)39(21)29(42)26(16-37)36-28(41)25-14-19-13-20(5-7-24(19)35-25)31(33,34)47(44,45)46/h2-5,7,13-14,21,26-27,35H,6,8-12,15-16H2,1H3,(H,36,41)(H2,44,45,46)/t21-,26+,27+/m1/s1. The summed E-state index contributed by atoms with van der Waals surface area (Å²) >= 11 is 0. The fraction of sp³-hybridized carbons (Fsp3) is 0.419. The molecule has 4 heterocycles. The number of fused-ring (bicyclic) bond motifs is 3. The van der Waals surface area contributed by atoms with Gasteiger partial charge in [-0.2, -0.15) is 8.78 Å². The minimum absolute atomic E-state index is 0.0694. The number of rotatable bonds is 5. The second-order valence-electron chi connectivity index (χ2n) is 12.2.